The lowest BCUT2D eigenvalue weighted by molar-refractivity contribution is -0.333. The SMILES string of the molecule is CC[C@H]1/C=C(\C)[C@@H](O)C/C=C/C=C(\CO[C@@H]2O[C@H](C)[C@@H](OC(=O)c3c(C)c(Cl)c(O)c(Cl)c3O)[C@H](O)[C@@H]2OC)C(=O)O[C@H]([C@@H](C)O)C/C=C(C)/C=C(\C)[C@@H]1O[C@@H]1OC(C)(C)[C@@H](O)[C@H](OC(=O)C(C)C)[C@@H]1O. The molecule has 2 fully saturated rings. The average Bonchev–Trinajstić information content (AvgIpc) is 3.30. The van der Waals surface area contributed by atoms with Gasteiger partial charge in [0.2, 0.25) is 0 Å². The molecular weight excluding hydrogens is 971 g/mol. The third kappa shape index (κ3) is 14.7. The van der Waals surface area contributed by atoms with Gasteiger partial charge in [-0.1, -0.05) is 79.9 Å². The van der Waals surface area contributed by atoms with E-state index in [9.17, 15) is 50.1 Å². The number of aliphatic hydroxyl groups excluding tert-OH is 5. The van der Waals surface area contributed by atoms with E-state index in [1.165, 1.54) is 40.0 Å². The van der Waals surface area contributed by atoms with Crippen molar-refractivity contribution in [3.63, 3.8) is 0 Å². The van der Waals surface area contributed by atoms with Crippen LogP contribution in [0.2, 0.25) is 10.0 Å². The minimum absolute atomic E-state index is 0.0287. The molecule has 0 bridgehead atoms. The lowest BCUT2D eigenvalue weighted by atomic mass is 9.88. The second-order valence-corrected chi connectivity index (χ2v) is 19.9. The Balaban J connectivity index is 1.62. The van der Waals surface area contributed by atoms with Crippen molar-refractivity contribution in [1.82, 2.24) is 0 Å². The summed E-state index contributed by atoms with van der Waals surface area (Å²) >= 11 is 12.1. The van der Waals surface area contributed by atoms with Crippen LogP contribution in [0.4, 0.5) is 0 Å². The minimum atomic E-state index is -1.57. The second kappa shape index (κ2) is 25.9. The van der Waals surface area contributed by atoms with Gasteiger partial charge in [0.15, 0.2) is 36.3 Å². The number of esters is 3. The summed E-state index contributed by atoms with van der Waals surface area (Å²) < 4.78 is 47.4. The van der Waals surface area contributed by atoms with Crippen molar-refractivity contribution in [3.05, 3.63) is 79.9 Å². The smallest absolute Gasteiger partial charge is 0.342 e. The Morgan fingerprint density at radius 1 is 0.901 bits per heavy atom. The summed E-state index contributed by atoms with van der Waals surface area (Å²) in [4.78, 5) is 40.0. The molecule has 0 unspecified atom stereocenters. The molecule has 0 aliphatic carbocycles. The Bertz CT molecular complexity index is 2170. The van der Waals surface area contributed by atoms with Crippen molar-refractivity contribution in [1.29, 1.82) is 0 Å². The molecule has 1 aromatic rings. The van der Waals surface area contributed by atoms with E-state index in [2.05, 4.69) is 0 Å². The summed E-state index contributed by atoms with van der Waals surface area (Å²) in [5, 5.41) is 76.1. The number of aliphatic hydroxyl groups is 5. The van der Waals surface area contributed by atoms with Gasteiger partial charge in [-0.05, 0) is 91.0 Å². The van der Waals surface area contributed by atoms with Gasteiger partial charge in [0, 0.05) is 19.4 Å². The number of halogens is 2. The van der Waals surface area contributed by atoms with E-state index in [0.717, 1.165) is 0 Å². The van der Waals surface area contributed by atoms with Crippen LogP contribution in [0, 0.1) is 18.8 Å². The molecule has 3 aliphatic heterocycles. The molecule has 3 heterocycles. The number of benzene rings is 1. The average molecular weight is 1040 g/mol. The van der Waals surface area contributed by atoms with E-state index < -0.39 is 144 Å². The molecule has 0 aromatic heterocycles. The number of hydrogen-bond donors (Lipinski definition) is 7. The molecule has 2 saturated heterocycles. The van der Waals surface area contributed by atoms with Crippen LogP contribution in [-0.4, -0.2) is 153 Å². The van der Waals surface area contributed by atoms with Crippen molar-refractivity contribution in [3.8, 4) is 11.5 Å². The van der Waals surface area contributed by atoms with E-state index in [-0.39, 0.29) is 29.0 Å². The molecule has 0 spiro atoms. The van der Waals surface area contributed by atoms with E-state index in [0.29, 0.717) is 23.1 Å². The highest BCUT2D eigenvalue weighted by molar-refractivity contribution is 6.39. The highest BCUT2D eigenvalue weighted by Crippen LogP contribution is 2.44. The zero-order valence-electron chi connectivity index (χ0n) is 42.3. The van der Waals surface area contributed by atoms with Crippen molar-refractivity contribution < 1.29 is 88.0 Å². The maximum absolute atomic E-state index is 13.9. The molecular formula is C51H72Cl2O18. The van der Waals surface area contributed by atoms with Gasteiger partial charge in [0.25, 0.3) is 0 Å². The van der Waals surface area contributed by atoms with Crippen molar-refractivity contribution >= 4 is 41.1 Å². The van der Waals surface area contributed by atoms with Gasteiger partial charge in [-0.15, -0.1) is 0 Å². The quantitative estimate of drug-likeness (QED) is 0.0721. The number of carbonyl (C=O) groups is 3. The first kappa shape index (κ1) is 59.7. The zero-order chi connectivity index (χ0) is 53.4. The fourth-order valence-corrected chi connectivity index (χ4v) is 8.71. The second-order valence-electron chi connectivity index (χ2n) is 19.2. The maximum atomic E-state index is 13.9. The van der Waals surface area contributed by atoms with Gasteiger partial charge in [0.1, 0.15) is 41.1 Å². The monoisotopic (exact) mass is 1040 g/mol. The Morgan fingerprint density at radius 3 is 2.17 bits per heavy atom. The summed E-state index contributed by atoms with van der Waals surface area (Å²) in [5.74, 6) is -4.94. The van der Waals surface area contributed by atoms with E-state index in [1.807, 2.05) is 32.9 Å². The van der Waals surface area contributed by atoms with Crippen LogP contribution in [0.1, 0.15) is 104 Å². The highest BCUT2D eigenvalue weighted by atomic mass is 35.5. The molecule has 71 heavy (non-hydrogen) atoms. The number of ether oxygens (including phenoxy) is 8. The molecule has 0 radical (unpaired) electrons. The summed E-state index contributed by atoms with van der Waals surface area (Å²) in [7, 11) is 1.26. The zero-order valence-corrected chi connectivity index (χ0v) is 43.8. The number of allylic oxidation sites excluding steroid dienone is 4. The van der Waals surface area contributed by atoms with E-state index in [4.69, 9.17) is 61.1 Å². The summed E-state index contributed by atoms with van der Waals surface area (Å²) in [6.45, 7) is 17.7. The Morgan fingerprint density at radius 2 is 1.56 bits per heavy atom. The number of phenols is 2. The number of hydrogen-bond acceptors (Lipinski definition) is 18. The first-order valence-electron chi connectivity index (χ1n) is 23.6. The van der Waals surface area contributed by atoms with Crippen molar-refractivity contribution in [2.75, 3.05) is 13.7 Å². The molecule has 3 aliphatic rings. The van der Waals surface area contributed by atoms with Crippen LogP contribution in [0.3, 0.4) is 0 Å². The first-order chi connectivity index (χ1) is 33.2. The highest BCUT2D eigenvalue weighted by Gasteiger charge is 2.53. The third-order valence-corrected chi connectivity index (χ3v) is 13.6. The molecule has 20 heteroatoms. The summed E-state index contributed by atoms with van der Waals surface area (Å²) in [5.41, 5.74) is 0.158. The fraction of sp³-hybridized carbons (Fsp3) is 0.627. The topological polar surface area (TPSA) is 267 Å². The summed E-state index contributed by atoms with van der Waals surface area (Å²) in [6, 6.07) is 0. The van der Waals surface area contributed by atoms with Gasteiger partial charge in [-0.3, -0.25) is 4.79 Å². The lowest BCUT2D eigenvalue weighted by Crippen LogP contribution is -2.64. The third-order valence-electron chi connectivity index (χ3n) is 12.8. The minimum Gasteiger partial charge on any atom is -0.505 e. The van der Waals surface area contributed by atoms with Crippen LogP contribution in [-0.2, 0) is 47.5 Å². The predicted molar refractivity (Wildman–Crippen MR) is 260 cm³/mol. The number of cyclic esters (lactones) is 1. The predicted octanol–water partition coefficient (Wildman–Crippen LogP) is 5.98. The number of carbonyl (C=O) groups excluding carboxylic acids is 3. The Hall–Kier alpha value is -3.89. The number of methoxy groups -OCH3 is 1. The molecule has 7 N–H and O–H groups in total. The van der Waals surface area contributed by atoms with Gasteiger partial charge in [-0.25, -0.2) is 9.59 Å². The molecule has 4 rings (SSSR count). The normalized spacial score (nSPS) is 35.2. The van der Waals surface area contributed by atoms with Crippen LogP contribution in [0.25, 0.3) is 0 Å². The standard InChI is InChI=1S/C51H72Cl2O18/c1-13-30-21-25(5)32(55)17-15-14-16-31(22-65-50-44(64-12)39(58)42(29(9)66-50)68-48(63)34-27(7)35(52)38(57)36(53)37(34)56)47(62)67-33(28(8)54)19-18-24(4)20-26(6)41(30)70-49-40(59)43(69-46(61)23(2)3)45(60)51(10,11)71-49/h14-16,18,20-21,23,28-30,32-33,39-45,49-50,54-60H,13,17,19,22H2,1-12H3/b15-14+,24-18+,25-21+,26-20+,31-16+/t28-,29-,30+,32+,33+,39+,40+,41+,42-,43-,44+,45+,49-,50-/m1/s1. The Labute approximate surface area is 425 Å². The maximum Gasteiger partial charge on any atom is 0.342 e. The molecule has 14 atom stereocenters. The van der Waals surface area contributed by atoms with Crippen LogP contribution >= 0.6 is 23.2 Å². The van der Waals surface area contributed by atoms with Crippen molar-refractivity contribution in [2.45, 2.75) is 181 Å². The number of aromatic hydroxyl groups is 2. The van der Waals surface area contributed by atoms with E-state index in [1.54, 1.807) is 46.8 Å². The number of rotatable bonds is 12. The lowest BCUT2D eigenvalue weighted by Gasteiger charge is -2.47. The molecule has 398 valence electrons. The fourth-order valence-electron chi connectivity index (χ4n) is 8.29. The van der Waals surface area contributed by atoms with Gasteiger partial charge < -0.3 is 73.6 Å². The van der Waals surface area contributed by atoms with Gasteiger partial charge in [0.05, 0.1) is 53.1 Å². The molecule has 1 aromatic carbocycles. The Kier molecular flexibility index (Phi) is 21.7. The van der Waals surface area contributed by atoms with Gasteiger partial charge >= 0.3 is 17.9 Å². The molecule has 18 nitrogen and oxygen atoms in total. The van der Waals surface area contributed by atoms with Crippen LogP contribution in [0.5, 0.6) is 11.5 Å². The van der Waals surface area contributed by atoms with Crippen LogP contribution < -0.4 is 0 Å². The first-order valence-corrected chi connectivity index (χ1v) is 24.4. The number of phenolic OH excluding ortho intramolecular Hbond substituents is 2. The van der Waals surface area contributed by atoms with E-state index >= 15 is 0 Å². The molecule has 0 amide bonds. The van der Waals surface area contributed by atoms with Crippen LogP contribution in [0.15, 0.2) is 58.7 Å². The van der Waals surface area contributed by atoms with Gasteiger partial charge in [-0.2, -0.15) is 0 Å². The van der Waals surface area contributed by atoms with Crippen molar-refractivity contribution in [2.24, 2.45) is 11.8 Å². The summed E-state index contributed by atoms with van der Waals surface area (Å²) in [6.07, 6.45) is -5.54. The molecule has 0 saturated carbocycles. The largest absolute Gasteiger partial charge is 0.505 e.